The summed E-state index contributed by atoms with van der Waals surface area (Å²) >= 11 is 0. The third-order valence-electron chi connectivity index (χ3n) is 3.92. The van der Waals surface area contributed by atoms with Gasteiger partial charge in [-0.1, -0.05) is 97.8 Å². The molecule has 2 nitrogen and oxygen atoms in total. The summed E-state index contributed by atoms with van der Waals surface area (Å²) in [6.07, 6.45) is 12.4. The molecule has 25 heavy (non-hydrogen) atoms. The maximum atomic E-state index is 8.82. The van der Waals surface area contributed by atoms with Crippen LogP contribution >= 0.6 is 0 Å². The molecule has 0 radical (unpaired) electrons. The van der Waals surface area contributed by atoms with Crippen molar-refractivity contribution in [3.05, 3.63) is 83.9 Å². The second-order valence-electron chi connectivity index (χ2n) is 6.01. The highest BCUT2D eigenvalue weighted by Crippen LogP contribution is 2.09. The van der Waals surface area contributed by atoms with Gasteiger partial charge in [-0.05, 0) is 24.0 Å². The van der Waals surface area contributed by atoms with Crippen LogP contribution < -0.4 is 0 Å². The molecule has 0 amide bonds. The molecule has 0 heterocycles. The van der Waals surface area contributed by atoms with E-state index in [-0.39, 0.29) is 12.7 Å². The van der Waals surface area contributed by atoms with Crippen molar-refractivity contribution in [3.8, 4) is 0 Å². The predicted octanol–water partition coefficient (Wildman–Crippen LogP) is 5.35. The quantitative estimate of drug-likeness (QED) is 0.560. The molecule has 0 atom stereocenters. The van der Waals surface area contributed by atoms with Gasteiger partial charge in [-0.15, -0.1) is 0 Å². The summed E-state index contributed by atoms with van der Waals surface area (Å²) in [5.74, 6) is 0. The van der Waals surface area contributed by atoms with Crippen LogP contribution in [0.25, 0.3) is 12.2 Å². The van der Waals surface area contributed by atoms with Crippen LogP contribution in [0, 0.1) is 0 Å². The third kappa shape index (κ3) is 8.48. The van der Waals surface area contributed by atoms with Gasteiger partial charge in [0.25, 0.3) is 0 Å². The van der Waals surface area contributed by atoms with Crippen LogP contribution in [-0.2, 0) is 4.74 Å². The molecule has 132 valence electrons. The summed E-state index contributed by atoms with van der Waals surface area (Å²) in [7, 11) is 0. The van der Waals surface area contributed by atoms with Crippen molar-refractivity contribution in [2.45, 2.75) is 31.8 Å². The van der Waals surface area contributed by atoms with Crippen LogP contribution in [0.1, 0.15) is 36.8 Å². The summed E-state index contributed by atoms with van der Waals surface area (Å²) in [4.78, 5) is 0. The van der Waals surface area contributed by atoms with Gasteiger partial charge in [0.05, 0.1) is 6.10 Å². The molecule has 0 spiro atoms. The fourth-order valence-corrected chi connectivity index (χ4v) is 2.50. The number of hydrogen-bond acceptors (Lipinski definition) is 2. The molecule has 2 aromatic rings. The standard InChI is InChI=1S/C23H28O2/c24-19-9-1-2-10-20-25-23(17-15-21-11-5-3-6-12-21)18-16-22-13-7-4-8-14-22/h3-8,11-18,23-24H,1-2,9-10,19-20H2. The first-order valence-corrected chi connectivity index (χ1v) is 9.07. The second kappa shape index (κ2) is 12.2. The van der Waals surface area contributed by atoms with Crippen LogP contribution in [0.5, 0.6) is 0 Å². The molecule has 2 aromatic carbocycles. The summed E-state index contributed by atoms with van der Waals surface area (Å²) < 4.78 is 6.03. The molecular weight excluding hydrogens is 308 g/mol. The van der Waals surface area contributed by atoms with E-state index in [1.807, 2.05) is 36.4 Å². The smallest absolute Gasteiger partial charge is 0.0943 e. The molecule has 0 aliphatic rings. The summed E-state index contributed by atoms with van der Waals surface area (Å²) in [6, 6.07) is 20.5. The molecule has 0 saturated heterocycles. The monoisotopic (exact) mass is 336 g/mol. The van der Waals surface area contributed by atoms with Crippen molar-refractivity contribution in [2.75, 3.05) is 13.2 Å². The van der Waals surface area contributed by atoms with Gasteiger partial charge < -0.3 is 9.84 Å². The number of aliphatic hydroxyl groups is 1. The van der Waals surface area contributed by atoms with Crippen LogP contribution in [0.3, 0.4) is 0 Å². The van der Waals surface area contributed by atoms with E-state index in [0.29, 0.717) is 0 Å². The summed E-state index contributed by atoms with van der Waals surface area (Å²) in [6.45, 7) is 1.01. The van der Waals surface area contributed by atoms with Gasteiger partial charge in [-0.2, -0.15) is 0 Å². The Hall–Kier alpha value is -2.16. The lowest BCUT2D eigenvalue weighted by molar-refractivity contribution is 0.112. The van der Waals surface area contributed by atoms with E-state index < -0.39 is 0 Å². The molecular formula is C23H28O2. The molecule has 2 heteroatoms. The fourth-order valence-electron chi connectivity index (χ4n) is 2.50. The van der Waals surface area contributed by atoms with E-state index in [4.69, 9.17) is 9.84 Å². The Labute approximate surface area is 151 Å². The van der Waals surface area contributed by atoms with Gasteiger partial charge in [0.1, 0.15) is 0 Å². The van der Waals surface area contributed by atoms with Crippen molar-refractivity contribution in [1.29, 1.82) is 0 Å². The lowest BCUT2D eigenvalue weighted by Crippen LogP contribution is -2.07. The number of hydrogen-bond donors (Lipinski definition) is 1. The number of ether oxygens (including phenoxy) is 1. The van der Waals surface area contributed by atoms with E-state index in [9.17, 15) is 0 Å². The Morgan fingerprint density at radius 1 is 0.720 bits per heavy atom. The average Bonchev–Trinajstić information content (AvgIpc) is 2.67. The van der Waals surface area contributed by atoms with Gasteiger partial charge in [0, 0.05) is 13.2 Å². The molecule has 1 N–H and O–H groups in total. The maximum Gasteiger partial charge on any atom is 0.0943 e. The largest absolute Gasteiger partial charge is 0.396 e. The van der Waals surface area contributed by atoms with Crippen LogP contribution in [0.2, 0.25) is 0 Å². The highest BCUT2D eigenvalue weighted by atomic mass is 16.5. The minimum atomic E-state index is -0.0433. The SMILES string of the molecule is OCCCCCCOC(C=Cc1ccccc1)C=Cc1ccccc1. The van der Waals surface area contributed by atoms with Crippen LogP contribution in [0.15, 0.2) is 72.8 Å². The van der Waals surface area contributed by atoms with Crippen LogP contribution in [-0.4, -0.2) is 24.4 Å². The van der Waals surface area contributed by atoms with Gasteiger partial charge in [0.15, 0.2) is 0 Å². The van der Waals surface area contributed by atoms with Crippen molar-refractivity contribution in [3.63, 3.8) is 0 Å². The zero-order chi connectivity index (χ0) is 17.6. The van der Waals surface area contributed by atoms with Gasteiger partial charge >= 0.3 is 0 Å². The highest BCUT2D eigenvalue weighted by molar-refractivity contribution is 5.53. The molecule has 0 aliphatic heterocycles. The number of benzene rings is 2. The van der Waals surface area contributed by atoms with Crippen molar-refractivity contribution in [1.82, 2.24) is 0 Å². The zero-order valence-electron chi connectivity index (χ0n) is 14.8. The minimum Gasteiger partial charge on any atom is -0.396 e. The van der Waals surface area contributed by atoms with Crippen molar-refractivity contribution < 1.29 is 9.84 Å². The average molecular weight is 336 g/mol. The van der Waals surface area contributed by atoms with Crippen molar-refractivity contribution in [2.24, 2.45) is 0 Å². The summed E-state index contributed by atoms with van der Waals surface area (Å²) in [5.41, 5.74) is 2.35. The molecule has 0 aromatic heterocycles. The van der Waals surface area contributed by atoms with E-state index in [0.717, 1.165) is 32.3 Å². The molecule has 0 unspecified atom stereocenters. The van der Waals surface area contributed by atoms with E-state index in [2.05, 4.69) is 48.6 Å². The Morgan fingerprint density at radius 3 is 1.76 bits per heavy atom. The Balaban J connectivity index is 1.91. The van der Waals surface area contributed by atoms with Crippen molar-refractivity contribution >= 4 is 12.2 Å². The second-order valence-corrected chi connectivity index (χ2v) is 6.01. The van der Waals surface area contributed by atoms with E-state index in [1.54, 1.807) is 0 Å². The van der Waals surface area contributed by atoms with E-state index >= 15 is 0 Å². The van der Waals surface area contributed by atoms with Gasteiger partial charge in [-0.25, -0.2) is 0 Å². The molecule has 0 saturated carbocycles. The summed E-state index contributed by atoms with van der Waals surface area (Å²) in [5, 5.41) is 8.82. The third-order valence-corrected chi connectivity index (χ3v) is 3.92. The highest BCUT2D eigenvalue weighted by Gasteiger charge is 2.01. The fraction of sp³-hybridized carbons (Fsp3) is 0.304. The molecule has 0 bridgehead atoms. The maximum absolute atomic E-state index is 8.82. The number of rotatable bonds is 11. The number of aliphatic hydroxyl groups excluding tert-OH is 1. The normalized spacial score (nSPS) is 12.8. The zero-order valence-corrected chi connectivity index (χ0v) is 14.8. The van der Waals surface area contributed by atoms with Crippen LogP contribution in [0.4, 0.5) is 0 Å². The Morgan fingerprint density at radius 2 is 1.24 bits per heavy atom. The lowest BCUT2D eigenvalue weighted by Gasteiger charge is -2.10. The first-order chi connectivity index (χ1) is 12.4. The Bertz CT molecular complexity index is 568. The molecule has 0 aliphatic carbocycles. The topological polar surface area (TPSA) is 29.5 Å². The minimum absolute atomic E-state index is 0.0433. The van der Waals surface area contributed by atoms with Gasteiger partial charge in [0.2, 0.25) is 0 Å². The lowest BCUT2D eigenvalue weighted by atomic mass is 10.1. The van der Waals surface area contributed by atoms with Gasteiger partial charge in [-0.3, -0.25) is 0 Å². The first-order valence-electron chi connectivity index (χ1n) is 9.07. The molecule has 2 rings (SSSR count). The predicted molar refractivity (Wildman–Crippen MR) is 106 cm³/mol. The Kier molecular flexibility index (Phi) is 9.38. The van der Waals surface area contributed by atoms with E-state index in [1.165, 1.54) is 11.1 Å². The number of unbranched alkanes of at least 4 members (excludes halogenated alkanes) is 3. The molecule has 0 fully saturated rings. The first kappa shape index (κ1) is 19.2.